The topological polar surface area (TPSA) is 62.0 Å². The van der Waals surface area contributed by atoms with Gasteiger partial charge < -0.3 is 10.3 Å². The number of amides is 1. The molecule has 0 aliphatic heterocycles. The van der Waals surface area contributed by atoms with Crippen molar-refractivity contribution in [2.24, 2.45) is 0 Å². The van der Waals surface area contributed by atoms with Crippen LogP contribution in [0.1, 0.15) is 17.4 Å². The summed E-state index contributed by atoms with van der Waals surface area (Å²) in [6.07, 6.45) is 1.60. The number of hydrogen-bond donors (Lipinski definition) is 2. The van der Waals surface area contributed by atoms with Crippen LogP contribution in [-0.2, 0) is 4.79 Å². The summed E-state index contributed by atoms with van der Waals surface area (Å²) < 4.78 is 0. The van der Waals surface area contributed by atoms with Gasteiger partial charge in [0.2, 0.25) is 0 Å². The van der Waals surface area contributed by atoms with Crippen LogP contribution in [0.25, 0.3) is 0 Å². The van der Waals surface area contributed by atoms with Crippen molar-refractivity contribution in [1.29, 1.82) is 0 Å². The number of nitrogens with one attached hydrogen (secondary N) is 2. The molecule has 0 fully saturated rings. The summed E-state index contributed by atoms with van der Waals surface area (Å²) in [6.45, 7) is 2.23. The molecule has 0 saturated heterocycles. The summed E-state index contributed by atoms with van der Waals surface area (Å²) in [7, 11) is 0. The maximum absolute atomic E-state index is 11.2. The zero-order valence-corrected chi connectivity index (χ0v) is 6.76. The van der Waals surface area contributed by atoms with E-state index in [0.29, 0.717) is 12.2 Å². The Balaban J connectivity index is 2.66. The first kappa shape index (κ1) is 8.52. The lowest BCUT2D eigenvalue weighted by Crippen LogP contribution is -2.30. The van der Waals surface area contributed by atoms with Crippen LogP contribution in [0.15, 0.2) is 18.3 Å². The molecule has 0 spiro atoms. The third-order valence-electron chi connectivity index (χ3n) is 1.39. The summed E-state index contributed by atoms with van der Waals surface area (Å²) in [5.74, 6) is -1.10. The number of Topliss-reactive ketones (excluding diaryl/α,β-unsaturated/α-hetero) is 1. The highest BCUT2D eigenvalue weighted by Crippen LogP contribution is 1.95. The highest BCUT2D eigenvalue weighted by atomic mass is 16.2. The maximum atomic E-state index is 11.2. The fourth-order valence-electron chi connectivity index (χ4n) is 0.835. The average molecular weight is 166 g/mol. The number of aromatic nitrogens is 1. The minimum Gasteiger partial charge on any atom is -0.358 e. The highest BCUT2D eigenvalue weighted by Gasteiger charge is 2.14. The minimum absolute atomic E-state index is 0.320. The fraction of sp³-hybridized carbons (Fsp3) is 0.250. The molecule has 0 saturated carbocycles. The van der Waals surface area contributed by atoms with E-state index < -0.39 is 11.7 Å². The third-order valence-corrected chi connectivity index (χ3v) is 1.39. The molecule has 0 radical (unpaired) electrons. The lowest BCUT2D eigenvalue weighted by Gasteiger charge is -1.97. The molecule has 4 heteroatoms. The van der Waals surface area contributed by atoms with E-state index in [1.54, 1.807) is 25.3 Å². The number of ketones is 1. The Morgan fingerprint density at radius 1 is 1.58 bits per heavy atom. The van der Waals surface area contributed by atoms with Crippen molar-refractivity contribution in [2.45, 2.75) is 6.92 Å². The highest BCUT2D eigenvalue weighted by molar-refractivity contribution is 6.42. The average Bonchev–Trinajstić information content (AvgIpc) is 2.55. The van der Waals surface area contributed by atoms with Gasteiger partial charge in [-0.1, -0.05) is 0 Å². The summed E-state index contributed by atoms with van der Waals surface area (Å²) in [6, 6.07) is 3.24. The number of H-pyrrole nitrogens is 1. The van der Waals surface area contributed by atoms with Crippen LogP contribution in [0, 0.1) is 0 Å². The quantitative estimate of drug-likeness (QED) is 0.502. The lowest BCUT2D eigenvalue weighted by atomic mass is 10.3. The van der Waals surface area contributed by atoms with E-state index in [2.05, 4.69) is 10.3 Å². The SMILES string of the molecule is CCNC(=O)C(=O)c1ccc[nH]1. The van der Waals surface area contributed by atoms with Crippen molar-refractivity contribution in [3.63, 3.8) is 0 Å². The second-order valence-corrected chi connectivity index (χ2v) is 2.27. The molecule has 1 amide bonds. The summed E-state index contributed by atoms with van der Waals surface area (Å²) in [5, 5.41) is 2.43. The van der Waals surface area contributed by atoms with Crippen LogP contribution in [0.2, 0.25) is 0 Å². The van der Waals surface area contributed by atoms with Crippen LogP contribution in [-0.4, -0.2) is 23.2 Å². The number of likely N-dealkylation sites (N-methyl/N-ethyl adjacent to an activating group) is 1. The Bertz CT molecular complexity index is 277. The molecule has 1 rings (SSSR count). The zero-order valence-electron chi connectivity index (χ0n) is 6.76. The summed E-state index contributed by atoms with van der Waals surface area (Å²) in [4.78, 5) is 24.8. The Morgan fingerprint density at radius 2 is 2.33 bits per heavy atom. The molecule has 4 nitrogen and oxygen atoms in total. The molecule has 0 aliphatic rings. The fourth-order valence-corrected chi connectivity index (χ4v) is 0.835. The maximum Gasteiger partial charge on any atom is 0.293 e. The van der Waals surface area contributed by atoms with Gasteiger partial charge in [-0.05, 0) is 19.1 Å². The van der Waals surface area contributed by atoms with Crippen LogP contribution >= 0.6 is 0 Å². The van der Waals surface area contributed by atoms with Gasteiger partial charge in [0.05, 0.1) is 5.69 Å². The van der Waals surface area contributed by atoms with E-state index in [9.17, 15) is 9.59 Å². The van der Waals surface area contributed by atoms with Gasteiger partial charge in [0.15, 0.2) is 0 Å². The number of carbonyl (C=O) groups is 2. The molecule has 2 N–H and O–H groups in total. The monoisotopic (exact) mass is 166 g/mol. The zero-order chi connectivity index (χ0) is 8.97. The van der Waals surface area contributed by atoms with Crippen molar-refractivity contribution < 1.29 is 9.59 Å². The van der Waals surface area contributed by atoms with Gasteiger partial charge in [0, 0.05) is 12.7 Å². The number of hydrogen-bond acceptors (Lipinski definition) is 2. The molecule has 0 atom stereocenters. The van der Waals surface area contributed by atoms with Gasteiger partial charge in [-0.2, -0.15) is 0 Å². The molecule has 0 unspecified atom stereocenters. The van der Waals surface area contributed by atoms with E-state index in [1.165, 1.54) is 0 Å². The Labute approximate surface area is 70.0 Å². The van der Waals surface area contributed by atoms with Crippen LogP contribution in [0.4, 0.5) is 0 Å². The van der Waals surface area contributed by atoms with Gasteiger partial charge in [-0.25, -0.2) is 0 Å². The van der Waals surface area contributed by atoms with E-state index >= 15 is 0 Å². The molecule has 0 bridgehead atoms. The molecular weight excluding hydrogens is 156 g/mol. The predicted molar refractivity (Wildman–Crippen MR) is 43.8 cm³/mol. The van der Waals surface area contributed by atoms with Crippen molar-refractivity contribution in [3.8, 4) is 0 Å². The van der Waals surface area contributed by atoms with Crippen LogP contribution in [0.3, 0.4) is 0 Å². The first-order chi connectivity index (χ1) is 5.75. The Hall–Kier alpha value is -1.58. The Morgan fingerprint density at radius 3 is 2.83 bits per heavy atom. The van der Waals surface area contributed by atoms with Crippen LogP contribution in [0.5, 0.6) is 0 Å². The van der Waals surface area contributed by atoms with E-state index in [4.69, 9.17) is 0 Å². The molecular formula is C8H10N2O2. The molecule has 64 valence electrons. The normalized spacial score (nSPS) is 9.42. The smallest absolute Gasteiger partial charge is 0.293 e. The molecule has 0 aromatic carbocycles. The second-order valence-electron chi connectivity index (χ2n) is 2.27. The Kier molecular flexibility index (Phi) is 2.63. The van der Waals surface area contributed by atoms with E-state index in [1.807, 2.05) is 0 Å². The van der Waals surface area contributed by atoms with Crippen molar-refractivity contribution in [3.05, 3.63) is 24.0 Å². The van der Waals surface area contributed by atoms with Gasteiger partial charge in [0.25, 0.3) is 11.7 Å². The molecule has 12 heavy (non-hydrogen) atoms. The van der Waals surface area contributed by atoms with Crippen molar-refractivity contribution in [2.75, 3.05) is 6.54 Å². The van der Waals surface area contributed by atoms with Gasteiger partial charge in [-0.15, -0.1) is 0 Å². The molecule has 1 heterocycles. The number of carbonyl (C=O) groups excluding carboxylic acids is 2. The molecule has 1 aromatic heterocycles. The molecule has 0 aliphatic carbocycles. The van der Waals surface area contributed by atoms with Crippen molar-refractivity contribution in [1.82, 2.24) is 10.3 Å². The third kappa shape index (κ3) is 1.72. The second kappa shape index (κ2) is 3.71. The van der Waals surface area contributed by atoms with Gasteiger partial charge >= 0.3 is 0 Å². The summed E-state index contributed by atoms with van der Waals surface area (Å²) >= 11 is 0. The lowest BCUT2D eigenvalue weighted by molar-refractivity contribution is -0.116. The molecule has 1 aromatic rings. The standard InChI is InChI=1S/C8H10N2O2/c1-2-9-8(12)7(11)6-4-3-5-10-6/h3-5,10H,2H2,1H3,(H,9,12). The minimum atomic E-state index is -0.569. The van der Waals surface area contributed by atoms with Gasteiger partial charge in [0.1, 0.15) is 0 Å². The van der Waals surface area contributed by atoms with Crippen molar-refractivity contribution >= 4 is 11.7 Å². The van der Waals surface area contributed by atoms with Crippen LogP contribution < -0.4 is 5.32 Å². The van der Waals surface area contributed by atoms with Gasteiger partial charge in [-0.3, -0.25) is 9.59 Å². The number of rotatable bonds is 3. The summed E-state index contributed by atoms with van der Waals surface area (Å²) in [5.41, 5.74) is 0.320. The largest absolute Gasteiger partial charge is 0.358 e. The predicted octanol–water partition coefficient (Wildman–Crippen LogP) is 0.334. The first-order valence-corrected chi connectivity index (χ1v) is 3.71. The van der Waals surface area contributed by atoms with E-state index in [-0.39, 0.29) is 0 Å². The number of aromatic amines is 1. The van der Waals surface area contributed by atoms with E-state index in [0.717, 1.165) is 0 Å². The first-order valence-electron chi connectivity index (χ1n) is 3.71.